The summed E-state index contributed by atoms with van der Waals surface area (Å²) in [7, 11) is 0. The summed E-state index contributed by atoms with van der Waals surface area (Å²) >= 11 is 0. The van der Waals surface area contributed by atoms with E-state index in [9.17, 15) is 5.11 Å². The molecule has 2 nitrogen and oxygen atoms in total. The molecule has 14 heavy (non-hydrogen) atoms. The van der Waals surface area contributed by atoms with Crippen molar-refractivity contribution in [2.45, 2.75) is 38.4 Å². The number of aliphatic hydroxyl groups excluding tert-OH is 1. The molecule has 1 saturated carbocycles. The van der Waals surface area contributed by atoms with E-state index in [1.165, 1.54) is 5.56 Å². The third-order valence-corrected chi connectivity index (χ3v) is 2.73. The Bertz CT molecular complexity index is 292. The van der Waals surface area contributed by atoms with Gasteiger partial charge in [0.2, 0.25) is 0 Å². The molecule has 0 aliphatic heterocycles. The highest BCUT2D eigenvalue weighted by molar-refractivity contribution is 5.26. The zero-order valence-electron chi connectivity index (χ0n) is 8.44. The molecular formula is C12H16O2. The van der Waals surface area contributed by atoms with E-state index in [0.717, 1.165) is 25.0 Å². The second kappa shape index (κ2) is 4.01. The maximum absolute atomic E-state index is 9.58. The molecule has 1 unspecified atom stereocenters. The first-order valence-corrected chi connectivity index (χ1v) is 5.17. The largest absolute Gasteiger partial charge is 0.488 e. The van der Waals surface area contributed by atoms with E-state index in [-0.39, 0.29) is 12.2 Å². The highest BCUT2D eigenvalue weighted by atomic mass is 16.5. The first kappa shape index (κ1) is 9.53. The van der Waals surface area contributed by atoms with E-state index in [4.69, 9.17) is 4.74 Å². The molecule has 2 heteroatoms. The second-order valence-corrected chi connectivity index (χ2v) is 3.97. The molecule has 0 aromatic heterocycles. The minimum atomic E-state index is -0.281. The third-order valence-electron chi connectivity index (χ3n) is 2.73. The summed E-state index contributed by atoms with van der Waals surface area (Å²) in [5.41, 5.74) is 1.23. The first-order chi connectivity index (χ1) is 6.75. The van der Waals surface area contributed by atoms with Crippen LogP contribution in [-0.2, 0) is 0 Å². The van der Waals surface area contributed by atoms with Gasteiger partial charge in [-0.3, -0.25) is 0 Å². The van der Waals surface area contributed by atoms with Crippen molar-refractivity contribution in [3.63, 3.8) is 0 Å². The number of hydrogen-bond donors (Lipinski definition) is 1. The fourth-order valence-electron chi connectivity index (χ4n) is 1.84. The minimum Gasteiger partial charge on any atom is -0.488 e. The number of aryl methyl sites for hydroxylation is 1. The number of hydrogen-bond acceptors (Lipinski definition) is 2. The standard InChI is InChI=1S/C12H16O2/c1-9-5-7-10(8-6-9)14-12-4-2-3-11(12)13/h5-8,11-13H,2-4H2,1H3/t11-,12?/m1/s1. The van der Waals surface area contributed by atoms with Crippen LogP contribution in [-0.4, -0.2) is 17.3 Å². The Morgan fingerprint density at radius 2 is 1.93 bits per heavy atom. The fourth-order valence-corrected chi connectivity index (χ4v) is 1.84. The van der Waals surface area contributed by atoms with E-state index in [1.54, 1.807) is 0 Å². The highest BCUT2D eigenvalue weighted by Crippen LogP contribution is 2.24. The second-order valence-electron chi connectivity index (χ2n) is 3.97. The van der Waals surface area contributed by atoms with Gasteiger partial charge in [-0.1, -0.05) is 17.7 Å². The number of aliphatic hydroxyl groups is 1. The molecule has 0 amide bonds. The Kier molecular flexibility index (Phi) is 2.73. The molecule has 0 radical (unpaired) electrons. The molecule has 0 bridgehead atoms. The molecular weight excluding hydrogens is 176 g/mol. The molecule has 1 N–H and O–H groups in total. The number of rotatable bonds is 2. The van der Waals surface area contributed by atoms with Gasteiger partial charge < -0.3 is 9.84 Å². The summed E-state index contributed by atoms with van der Waals surface area (Å²) in [6.07, 6.45) is 2.62. The molecule has 0 saturated heterocycles. The minimum absolute atomic E-state index is 0.00212. The van der Waals surface area contributed by atoms with E-state index in [0.29, 0.717) is 0 Å². The van der Waals surface area contributed by atoms with Gasteiger partial charge in [-0.15, -0.1) is 0 Å². The zero-order valence-corrected chi connectivity index (χ0v) is 8.44. The average Bonchev–Trinajstić information content (AvgIpc) is 2.56. The van der Waals surface area contributed by atoms with Gasteiger partial charge in [0.1, 0.15) is 11.9 Å². The highest BCUT2D eigenvalue weighted by Gasteiger charge is 2.26. The maximum Gasteiger partial charge on any atom is 0.124 e. The molecule has 0 heterocycles. The predicted molar refractivity (Wildman–Crippen MR) is 55.5 cm³/mol. The summed E-state index contributed by atoms with van der Waals surface area (Å²) in [6, 6.07) is 7.97. The molecule has 0 spiro atoms. The van der Waals surface area contributed by atoms with Crippen LogP contribution < -0.4 is 4.74 Å². The molecule has 1 aliphatic carbocycles. The summed E-state index contributed by atoms with van der Waals surface area (Å²) < 4.78 is 5.69. The Hall–Kier alpha value is -1.02. The van der Waals surface area contributed by atoms with Crippen molar-refractivity contribution in [2.75, 3.05) is 0 Å². The maximum atomic E-state index is 9.58. The first-order valence-electron chi connectivity index (χ1n) is 5.17. The molecule has 1 aromatic rings. The van der Waals surface area contributed by atoms with E-state index in [1.807, 2.05) is 31.2 Å². The number of benzene rings is 1. The van der Waals surface area contributed by atoms with Crippen LogP contribution in [0.25, 0.3) is 0 Å². The molecule has 1 fully saturated rings. The summed E-state index contributed by atoms with van der Waals surface area (Å²) in [4.78, 5) is 0. The van der Waals surface area contributed by atoms with Crippen molar-refractivity contribution in [3.8, 4) is 5.75 Å². The molecule has 2 rings (SSSR count). The van der Waals surface area contributed by atoms with E-state index >= 15 is 0 Å². The van der Waals surface area contributed by atoms with Crippen LogP contribution >= 0.6 is 0 Å². The Morgan fingerprint density at radius 1 is 1.21 bits per heavy atom. The molecule has 1 aromatic carbocycles. The van der Waals surface area contributed by atoms with Crippen molar-refractivity contribution in [1.29, 1.82) is 0 Å². The Labute approximate surface area is 84.5 Å². The van der Waals surface area contributed by atoms with Crippen molar-refractivity contribution in [2.24, 2.45) is 0 Å². The normalized spacial score (nSPS) is 26.4. The Balaban J connectivity index is 2.00. The smallest absolute Gasteiger partial charge is 0.124 e. The van der Waals surface area contributed by atoms with E-state index < -0.39 is 0 Å². The van der Waals surface area contributed by atoms with Gasteiger partial charge in [-0.25, -0.2) is 0 Å². The monoisotopic (exact) mass is 192 g/mol. The van der Waals surface area contributed by atoms with E-state index in [2.05, 4.69) is 0 Å². The van der Waals surface area contributed by atoms with Crippen LogP contribution in [0, 0.1) is 6.92 Å². The van der Waals surface area contributed by atoms with Gasteiger partial charge in [0.15, 0.2) is 0 Å². The zero-order chi connectivity index (χ0) is 9.97. The lowest BCUT2D eigenvalue weighted by Crippen LogP contribution is -2.25. The summed E-state index contributed by atoms with van der Waals surface area (Å²) in [5.74, 6) is 0.863. The van der Waals surface area contributed by atoms with Crippen LogP contribution in [0.1, 0.15) is 24.8 Å². The van der Waals surface area contributed by atoms with Crippen molar-refractivity contribution in [1.82, 2.24) is 0 Å². The topological polar surface area (TPSA) is 29.5 Å². The molecule has 2 atom stereocenters. The van der Waals surface area contributed by atoms with Crippen LogP contribution in [0.15, 0.2) is 24.3 Å². The lowest BCUT2D eigenvalue weighted by molar-refractivity contribution is 0.0604. The third kappa shape index (κ3) is 2.07. The van der Waals surface area contributed by atoms with Gasteiger partial charge in [0.05, 0.1) is 6.10 Å². The van der Waals surface area contributed by atoms with Gasteiger partial charge in [-0.2, -0.15) is 0 Å². The fraction of sp³-hybridized carbons (Fsp3) is 0.500. The van der Waals surface area contributed by atoms with Gasteiger partial charge in [-0.05, 0) is 38.3 Å². The van der Waals surface area contributed by atoms with Gasteiger partial charge in [0.25, 0.3) is 0 Å². The van der Waals surface area contributed by atoms with Crippen molar-refractivity contribution in [3.05, 3.63) is 29.8 Å². The Morgan fingerprint density at radius 3 is 2.50 bits per heavy atom. The van der Waals surface area contributed by atoms with Crippen LogP contribution in [0.4, 0.5) is 0 Å². The molecule has 1 aliphatic rings. The van der Waals surface area contributed by atoms with Gasteiger partial charge in [0, 0.05) is 0 Å². The van der Waals surface area contributed by atoms with Crippen LogP contribution in [0.5, 0.6) is 5.75 Å². The summed E-state index contributed by atoms with van der Waals surface area (Å²) in [5, 5.41) is 9.58. The van der Waals surface area contributed by atoms with Crippen molar-refractivity contribution >= 4 is 0 Å². The summed E-state index contributed by atoms with van der Waals surface area (Å²) in [6.45, 7) is 2.05. The van der Waals surface area contributed by atoms with Crippen LogP contribution in [0.2, 0.25) is 0 Å². The molecule has 76 valence electrons. The quantitative estimate of drug-likeness (QED) is 0.779. The average molecular weight is 192 g/mol. The van der Waals surface area contributed by atoms with Crippen molar-refractivity contribution < 1.29 is 9.84 Å². The lowest BCUT2D eigenvalue weighted by atomic mass is 10.2. The lowest BCUT2D eigenvalue weighted by Gasteiger charge is -2.16. The number of ether oxygens (including phenoxy) is 1. The predicted octanol–water partition coefficient (Wildman–Crippen LogP) is 2.29. The van der Waals surface area contributed by atoms with Gasteiger partial charge >= 0.3 is 0 Å². The van der Waals surface area contributed by atoms with Crippen LogP contribution in [0.3, 0.4) is 0 Å². The SMILES string of the molecule is Cc1ccc(OC2CCC[C@H]2O)cc1.